The molecule has 224 valence electrons. The highest BCUT2D eigenvalue weighted by Crippen LogP contribution is 2.37. The highest BCUT2D eigenvalue weighted by atomic mass is 19.1. The van der Waals surface area contributed by atoms with E-state index in [2.05, 4.69) is 26.3 Å². The van der Waals surface area contributed by atoms with E-state index in [1.54, 1.807) is 36.4 Å². The van der Waals surface area contributed by atoms with Crippen molar-refractivity contribution >= 4 is 24.7 Å². The first kappa shape index (κ1) is 35.5. The zero-order valence-electron chi connectivity index (χ0n) is 24.5. The number of rotatable bonds is 10. The molecule has 0 saturated heterocycles. The van der Waals surface area contributed by atoms with Crippen LogP contribution < -0.4 is 18.9 Å². The van der Waals surface area contributed by atoms with Crippen LogP contribution in [0.5, 0.6) is 23.0 Å². The predicted molar refractivity (Wildman–Crippen MR) is 164 cm³/mol. The molecule has 0 fully saturated rings. The van der Waals surface area contributed by atoms with Crippen molar-refractivity contribution in [3.05, 3.63) is 110 Å². The molecule has 0 heterocycles. The lowest BCUT2D eigenvalue weighted by Crippen LogP contribution is -2.12. The lowest BCUT2D eigenvalue weighted by molar-refractivity contribution is -0.132. The molecular formula is C34H33FO8. The highest BCUT2D eigenvalue weighted by molar-refractivity contribution is 5.91. The maximum atomic E-state index is 15.2. The number of hydrogen-bond acceptors (Lipinski definition) is 8. The third-order valence-electron chi connectivity index (χ3n) is 5.09. The summed E-state index contributed by atoms with van der Waals surface area (Å²) in [6, 6.07) is 13.7. The van der Waals surface area contributed by atoms with Gasteiger partial charge in [0.15, 0.2) is 23.0 Å². The van der Waals surface area contributed by atoms with Crippen LogP contribution in [0.15, 0.2) is 104 Å². The Hall–Kier alpha value is -5.57. The van der Waals surface area contributed by atoms with E-state index < -0.39 is 17.8 Å². The van der Waals surface area contributed by atoms with E-state index in [0.717, 1.165) is 0 Å². The number of benzene rings is 3. The molecule has 8 nitrogen and oxygen atoms in total. The number of methoxy groups -OCH3 is 1. The summed E-state index contributed by atoms with van der Waals surface area (Å²) in [5.74, 6) is -1.56. The van der Waals surface area contributed by atoms with Crippen LogP contribution >= 0.6 is 0 Å². The summed E-state index contributed by atoms with van der Waals surface area (Å²) in [5, 5.41) is 0. The van der Waals surface area contributed by atoms with E-state index in [9.17, 15) is 14.4 Å². The molecule has 0 spiro atoms. The van der Waals surface area contributed by atoms with Gasteiger partial charge in [0.2, 0.25) is 0 Å². The van der Waals surface area contributed by atoms with Crippen molar-refractivity contribution in [3.63, 3.8) is 0 Å². The number of hydrogen-bond donors (Lipinski definition) is 0. The van der Waals surface area contributed by atoms with Crippen LogP contribution in [-0.4, -0.2) is 31.8 Å². The minimum absolute atomic E-state index is 0.0284. The van der Waals surface area contributed by atoms with E-state index in [0.29, 0.717) is 28.7 Å². The first-order valence-corrected chi connectivity index (χ1v) is 12.6. The van der Waals surface area contributed by atoms with Gasteiger partial charge in [-0.25, -0.2) is 14.0 Å². The number of esters is 2. The Morgan fingerprint density at radius 2 is 1.21 bits per heavy atom. The SMILES string of the molecule is C=C(C)C(=O)Oc1ccc(-c2ccc(-c3ccc(OC)c(OC=O)c3)cc2F)cc1OC(=O)C(=C)C.C=CC.C=CC=O. The summed E-state index contributed by atoms with van der Waals surface area (Å²) >= 11 is 0. The number of aldehydes is 1. The van der Waals surface area contributed by atoms with Crippen molar-refractivity contribution in [1.82, 2.24) is 0 Å². The zero-order valence-corrected chi connectivity index (χ0v) is 24.5. The third kappa shape index (κ3) is 10.7. The summed E-state index contributed by atoms with van der Waals surface area (Å²) in [7, 11) is 1.44. The van der Waals surface area contributed by atoms with Crippen LogP contribution in [-0.2, 0) is 19.2 Å². The molecule has 0 saturated carbocycles. The molecule has 0 aliphatic rings. The average molecular weight is 589 g/mol. The van der Waals surface area contributed by atoms with Gasteiger partial charge in [0.1, 0.15) is 12.1 Å². The van der Waals surface area contributed by atoms with Crippen molar-refractivity contribution in [2.45, 2.75) is 20.8 Å². The molecular weight excluding hydrogens is 555 g/mol. The molecule has 0 atom stereocenters. The number of carbonyl (C=O) groups excluding carboxylic acids is 4. The summed E-state index contributed by atoms with van der Waals surface area (Å²) in [5.41, 5.74) is 1.98. The lowest BCUT2D eigenvalue weighted by Gasteiger charge is -2.14. The predicted octanol–water partition coefficient (Wildman–Crippen LogP) is 7.23. The fraction of sp³-hybridized carbons (Fsp3) is 0.118. The normalized spacial score (nSPS) is 9.33. The van der Waals surface area contributed by atoms with Gasteiger partial charge < -0.3 is 18.9 Å². The molecule has 9 heteroatoms. The van der Waals surface area contributed by atoms with Gasteiger partial charge >= 0.3 is 11.9 Å². The van der Waals surface area contributed by atoms with E-state index in [1.807, 2.05) is 6.92 Å². The molecule has 0 aromatic heterocycles. The van der Waals surface area contributed by atoms with Crippen molar-refractivity contribution in [2.24, 2.45) is 0 Å². The second-order valence-corrected chi connectivity index (χ2v) is 8.56. The largest absolute Gasteiger partial charge is 0.493 e. The quantitative estimate of drug-likeness (QED) is 0.0803. The van der Waals surface area contributed by atoms with Crippen LogP contribution in [0.2, 0.25) is 0 Å². The second kappa shape index (κ2) is 18.0. The molecule has 0 amide bonds. The minimum Gasteiger partial charge on any atom is -0.493 e. The van der Waals surface area contributed by atoms with E-state index in [4.69, 9.17) is 23.7 Å². The van der Waals surface area contributed by atoms with Crippen molar-refractivity contribution in [1.29, 1.82) is 0 Å². The maximum absolute atomic E-state index is 15.2. The van der Waals surface area contributed by atoms with Gasteiger partial charge in [-0.05, 0) is 73.9 Å². The second-order valence-electron chi connectivity index (χ2n) is 8.56. The van der Waals surface area contributed by atoms with Crippen LogP contribution in [0, 0.1) is 5.82 Å². The number of ether oxygens (including phenoxy) is 4. The Morgan fingerprint density at radius 1 is 0.744 bits per heavy atom. The first-order chi connectivity index (χ1) is 20.5. The summed E-state index contributed by atoms with van der Waals surface area (Å²) < 4.78 is 35.9. The van der Waals surface area contributed by atoms with Crippen LogP contribution in [0.4, 0.5) is 4.39 Å². The molecule has 3 rings (SSSR count). The standard InChI is InChI=1S/C28H23FO7.C3H4O.C3H6/c1-16(2)27(31)35-24-11-8-20(14-26(24)36-28(32)17(3)4)21-9-6-18(12-22(21)29)19-7-10-23(33-5)25(13-19)34-15-30;1-2-3-4;1-3-2/h6-15H,1,3H2,2,4-5H3;2-3H,1H2;3H,1H2,2H3. The maximum Gasteiger partial charge on any atom is 0.338 e. The Labute approximate surface area is 250 Å². The van der Waals surface area contributed by atoms with Gasteiger partial charge in [-0.1, -0.05) is 50.1 Å². The summed E-state index contributed by atoms with van der Waals surface area (Å²) in [6.45, 7) is 18.6. The van der Waals surface area contributed by atoms with Gasteiger partial charge in [0, 0.05) is 16.7 Å². The molecule has 0 N–H and O–H groups in total. The molecule has 0 aliphatic carbocycles. The highest BCUT2D eigenvalue weighted by Gasteiger charge is 2.18. The summed E-state index contributed by atoms with van der Waals surface area (Å²) in [4.78, 5) is 44.0. The molecule has 0 aliphatic heterocycles. The van der Waals surface area contributed by atoms with Crippen molar-refractivity contribution in [2.75, 3.05) is 7.11 Å². The Kier molecular flexibility index (Phi) is 14.8. The zero-order chi connectivity index (χ0) is 32.5. The van der Waals surface area contributed by atoms with Crippen LogP contribution in [0.25, 0.3) is 22.3 Å². The molecule has 3 aromatic rings. The molecule has 0 radical (unpaired) electrons. The lowest BCUT2D eigenvalue weighted by atomic mass is 9.99. The van der Waals surface area contributed by atoms with Crippen LogP contribution in [0.1, 0.15) is 20.8 Å². The minimum atomic E-state index is -0.733. The Balaban J connectivity index is 0.00000119. The number of allylic oxidation sites excluding steroid dienone is 2. The van der Waals surface area contributed by atoms with Crippen LogP contribution in [0.3, 0.4) is 0 Å². The third-order valence-corrected chi connectivity index (χ3v) is 5.09. The monoisotopic (exact) mass is 588 g/mol. The topological polar surface area (TPSA) is 105 Å². The van der Waals surface area contributed by atoms with Gasteiger partial charge in [0.25, 0.3) is 6.47 Å². The van der Waals surface area contributed by atoms with E-state index in [-0.39, 0.29) is 40.4 Å². The van der Waals surface area contributed by atoms with Gasteiger partial charge in [0.05, 0.1) is 7.11 Å². The van der Waals surface area contributed by atoms with Gasteiger partial charge in [-0.3, -0.25) is 9.59 Å². The van der Waals surface area contributed by atoms with E-state index >= 15 is 4.39 Å². The van der Waals surface area contributed by atoms with E-state index in [1.165, 1.54) is 51.3 Å². The molecule has 3 aromatic carbocycles. The van der Waals surface area contributed by atoms with Gasteiger partial charge in [-0.15, -0.1) is 6.58 Å². The van der Waals surface area contributed by atoms with Crippen molar-refractivity contribution < 1.29 is 42.5 Å². The fourth-order valence-corrected chi connectivity index (χ4v) is 3.14. The molecule has 0 bridgehead atoms. The van der Waals surface area contributed by atoms with Gasteiger partial charge in [-0.2, -0.15) is 0 Å². The number of halogens is 1. The van der Waals surface area contributed by atoms with Crippen molar-refractivity contribution in [3.8, 4) is 45.3 Å². The summed E-state index contributed by atoms with van der Waals surface area (Å²) in [6.07, 6.45) is 3.58. The average Bonchev–Trinajstić information content (AvgIpc) is 2.98. The smallest absolute Gasteiger partial charge is 0.338 e. The Morgan fingerprint density at radius 3 is 1.70 bits per heavy atom. The molecule has 43 heavy (non-hydrogen) atoms. The number of carbonyl (C=O) groups is 4. The fourth-order valence-electron chi connectivity index (χ4n) is 3.14. The molecule has 0 unspecified atom stereocenters. The Bertz CT molecular complexity index is 1510. The first-order valence-electron chi connectivity index (χ1n) is 12.6.